The Hall–Kier alpha value is -2.70. The summed E-state index contributed by atoms with van der Waals surface area (Å²) in [5, 5.41) is 7.44. The van der Waals surface area contributed by atoms with Gasteiger partial charge in [-0.2, -0.15) is 4.98 Å². The first-order chi connectivity index (χ1) is 12.1. The van der Waals surface area contributed by atoms with Gasteiger partial charge in [-0.3, -0.25) is 4.79 Å². The lowest BCUT2D eigenvalue weighted by Gasteiger charge is -2.11. The predicted octanol–water partition coefficient (Wildman–Crippen LogP) is 2.04. The van der Waals surface area contributed by atoms with Crippen LogP contribution in [0.5, 0.6) is 0 Å². The Labute approximate surface area is 150 Å². The van der Waals surface area contributed by atoms with Crippen molar-refractivity contribution in [2.45, 2.75) is 6.54 Å². The van der Waals surface area contributed by atoms with Gasteiger partial charge < -0.3 is 14.7 Å². The van der Waals surface area contributed by atoms with E-state index in [4.69, 9.17) is 16.1 Å². The van der Waals surface area contributed by atoms with Crippen LogP contribution in [-0.4, -0.2) is 29.6 Å². The van der Waals surface area contributed by atoms with Crippen LogP contribution < -0.4 is 10.2 Å². The van der Waals surface area contributed by atoms with E-state index in [0.29, 0.717) is 29.0 Å². The molecule has 7 heteroatoms. The molecule has 0 radical (unpaired) electrons. The molecule has 0 aliphatic rings. The van der Waals surface area contributed by atoms with Crippen molar-refractivity contribution >= 4 is 23.2 Å². The number of halogens is 1. The van der Waals surface area contributed by atoms with E-state index in [2.05, 4.69) is 15.5 Å². The third-order valence-electron chi connectivity index (χ3n) is 3.54. The van der Waals surface area contributed by atoms with E-state index in [9.17, 15) is 4.79 Å². The fourth-order valence-corrected chi connectivity index (χ4v) is 2.49. The average Bonchev–Trinajstić information content (AvgIpc) is 3.06. The molecule has 128 valence electrons. The molecule has 2 N–H and O–H groups in total. The number of aromatic nitrogens is 2. The zero-order valence-electron chi connectivity index (χ0n) is 13.7. The summed E-state index contributed by atoms with van der Waals surface area (Å²) in [6.45, 7) is 0.750. The fraction of sp³-hybridized carbons (Fsp3) is 0.167. The smallest absolute Gasteiger partial charge is 0.282 e. The molecule has 25 heavy (non-hydrogen) atoms. The van der Waals surface area contributed by atoms with Gasteiger partial charge in [0.2, 0.25) is 5.82 Å². The molecule has 1 unspecified atom stereocenters. The number of hydrogen-bond donors (Lipinski definition) is 2. The van der Waals surface area contributed by atoms with Crippen LogP contribution in [0.25, 0.3) is 11.4 Å². The van der Waals surface area contributed by atoms with Crippen LogP contribution in [0.15, 0.2) is 59.1 Å². The highest BCUT2D eigenvalue weighted by Crippen LogP contribution is 2.14. The van der Waals surface area contributed by atoms with Crippen molar-refractivity contribution in [3.8, 4) is 11.4 Å². The summed E-state index contributed by atoms with van der Waals surface area (Å²) in [4.78, 5) is 17.4. The number of nitrogens with zero attached hydrogens (tertiary/aromatic N) is 2. The molecule has 0 spiro atoms. The molecule has 1 atom stereocenters. The second-order valence-electron chi connectivity index (χ2n) is 5.74. The maximum atomic E-state index is 12.1. The molecule has 3 rings (SSSR count). The molecule has 1 amide bonds. The fourth-order valence-electron chi connectivity index (χ4n) is 2.36. The van der Waals surface area contributed by atoms with Gasteiger partial charge in [0.15, 0.2) is 13.1 Å². The van der Waals surface area contributed by atoms with E-state index in [1.165, 1.54) is 0 Å². The van der Waals surface area contributed by atoms with Gasteiger partial charge in [-0.25, -0.2) is 0 Å². The molecule has 1 aromatic heterocycles. The number of likely N-dealkylation sites (N-methyl/N-ethyl adjacent to an activating group) is 1. The molecule has 0 saturated carbocycles. The topological polar surface area (TPSA) is 72.5 Å². The number of benzene rings is 2. The summed E-state index contributed by atoms with van der Waals surface area (Å²) in [5.41, 5.74) is 1.61. The lowest BCUT2D eigenvalue weighted by Crippen LogP contribution is -3.08. The van der Waals surface area contributed by atoms with Crippen molar-refractivity contribution in [1.82, 2.24) is 10.1 Å². The highest BCUT2D eigenvalue weighted by atomic mass is 35.5. The largest absolute Gasteiger partial charge is 0.333 e. The molecular formula is C18H18ClN4O2+. The third-order valence-corrected chi connectivity index (χ3v) is 3.80. The maximum absolute atomic E-state index is 12.1. The quantitative estimate of drug-likeness (QED) is 0.708. The monoisotopic (exact) mass is 357 g/mol. The van der Waals surface area contributed by atoms with E-state index in [0.717, 1.165) is 10.5 Å². The first-order valence-electron chi connectivity index (χ1n) is 7.85. The summed E-state index contributed by atoms with van der Waals surface area (Å²) >= 11 is 5.83. The van der Waals surface area contributed by atoms with Crippen LogP contribution in [0.4, 0.5) is 5.69 Å². The Morgan fingerprint density at radius 1 is 1.16 bits per heavy atom. The van der Waals surface area contributed by atoms with Gasteiger partial charge >= 0.3 is 0 Å². The molecule has 6 nitrogen and oxygen atoms in total. The van der Waals surface area contributed by atoms with Crippen molar-refractivity contribution in [3.05, 3.63) is 65.5 Å². The Balaban J connectivity index is 1.54. The van der Waals surface area contributed by atoms with Gasteiger partial charge in [0, 0.05) is 16.3 Å². The van der Waals surface area contributed by atoms with Gasteiger partial charge in [-0.05, 0) is 24.3 Å². The van der Waals surface area contributed by atoms with Crippen molar-refractivity contribution in [2.75, 3.05) is 18.9 Å². The number of amides is 1. The second kappa shape index (κ2) is 7.92. The predicted molar refractivity (Wildman–Crippen MR) is 95.3 cm³/mol. The van der Waals surface area contributed by atoms with Crippen LogP contribution in [0, 0.1) is 0 Å². The number of quaternary nitrogens is 1. The summed E-state index contributed by atoms with van der Waals surface area (Å²) in [7, 11) is 1.90. The summed E-state index contributed by atoms with van der Waals surface area (Å²) in [5.74, 6) is 0.951. The van der Waals surface area contributed by atoms with Crippen molar-refractivity contribution in [2.24, 2.45) is 0 Å². The Morgan fingerprint density at radius 2 is 1.88 bits per heavy atom. The van der Waals surface area contributed by atoms with Crippen LogP contribution in [0.1, 0.15) is 5.89 Å². The molecule has 0 bridgehead atoms. The van der Waals surface area contributed by atoms with Gasteiger partial charge in [0.1, 0.15) is 0 Å². The molecule has 0 aliphatic heterocycles. The minimum absolute atomic E-state index is 0.0948. The van der Waals surface area contributed by atoms with Crippen molar-refractivity contribution < 1.29 is 14.2 Å². The van der Waals surface area contributed by atoms with Crippen molar-refractivity contribution in [1.29, 1.82) is 0 Å². The maximum Gasteiger partial charge on any atom is 0.282 e. The van der Waals surface area contributed by atoms with E-state index in [-0.39, 0.29) is 12.5 Å². The lowest BCUT2D eigenvalue weighted by atomic mass is 10.2. The van der Waals surface area contributed by atoms with Gasteiger partial charge in [-0.1, -0.05) is 47.1 Å². The Kier molecular flexibility index (Phi) is 5.42. The average molecular weight is 358 g/mol. The van der Waals surface area contributed by atoms with Crippen LogP contribution in [0.3, 0.4) is 0 Å². The highest BCUT2D eigenvalue weighted by molar-refractivity contribution is 6.30. The third kappa shape index (κ3) is 4.89. The SMILES string of the molecule is C[NH+](CC(=O)Nc1ccc(Cl)cc1)Cc1nc(-c2ccccc2)no1. The minimum Gasteiger partial charge on any atom is -0.333 e. The van der Waals surface area contributed by atoms with Crippen LogP contribution in [-0.2, 0) is 11.3 Å². The zero-order valence-corrected chi connectivity index (χ0v) is 14.5. The summed E-state index contributed by atoms with van der Waals surface area (Å²) in [6.07, 6.45) is 0. The van der Waals surface area contributed by atoms with E-state index < -0.39 is 0 Å². The lowest BCUT2D eigenvalue weighted by molar-refractivity contribution is -0.886. The van der Waals surface area contributed by atoms with Crippen LogP contribution >= 0.6 is 11.6 Å². The molecule has 2 aromatic carbocycles. The molecule has 1 heterocycles. The molecule has 0 aliphatic carbocycles. The number of carbonyl (C=O) groups excluding carboxylic acids is 1. The molecule has 0 fully saturated rings. The molecule has 3 aromatic rings. The van der Waals surface area contributed by atoms with Crippen molar-refractivity contribution in [3.63, 3.8) is 0 Å². The van der Waals surface area contributed by atoms with E-state index in [1.54, 1.807) is 24.3 Å². The Morgan fingerprint density at radius 3 is 2.60 bits per heavy atom. The van der Waals surface area contributed by atoms with E-state index >= 15 is 0 Å². The summed E-state index contributed by atoms with van der Waals surface area (Å²) < 4.78 is 5.27. The van der Waals surface area contributed by atoms with Crippen LogP contribution in [0.2, 0.25) is 5.02 Å². The number of nitrogens with one attached hydrogen (secondary N) is 2. The Bertz CT molecular complexity index is 834. The van der Waals surface area contributed by atoms with E-state index in [1.807, 2.05) is 37.4 Å². The number of hydrogen-bond acceptors (Lipinski definition) is 4. The number of anilines is 1. The minimum atomic E-state index is -0.0948. The number of carbonyl (C=O) groups is 1. The summed E-state index contributed by atoms with van der Waals surface area (Å²) in [6, 6.07) is 16.6. The molecule has 0 saturated heterocycles. The first kappa shape index (κ1) is 17.1. The zero-order chi connectivity index (χ0) is 17.6. The normalized spacial score (nSPS) is 11.9. The number of rotatable bonds is 6. The first-order valence-corrected chi connectivity index (χ1v) is 8.22. The van der Waals surface area contributed by atoms with Gasteiger partial charge in [0.25, 0.3) is 11.8 Å². The highest BCUT2D eigenvalue weighted by Gasteiger charge is 2.16. The standard InChI is InChI=1S/C18H17ClN4O2/c1-23(11-16(24)20-15-9-7-14(19)8-10-15)12-17-21-18(22-25-17)13-5-3-2-4-6-13/h2-10H,11-12H2,1H3,(H,20,24)/p+1. The van der Waals surface area contributed by atoms with Gasteiger partial charge in [-0.15, -0.1) is 0 Å². The second-order valence-corrected chi connectivity index (χ2v) is 6.18. The molecular weight excluding hydrogens is 340 g/mol. The van der Waals surface area contributed by atoms with Gasteiger partial charge in [0.05, 0.1) is 7.05 Å².